The van der Waals surface area contributed by atoms with E-state index in [4.69, 9.17) is 9.97 Å². The minimum absolute atomic E-state index is 0.417. The molecule has 0 aliphatic rings. The topological polar surface area (TPSA) is 35.6 Å². The smallest absolute Gasteiger partial charge is 0.144 e. The summed E-state index contributed by atoms with van der Waals surface area (Å²) < 4.78 is 4.46. The lowest BCUT2D eigenvalue weighted by Gasteiger charge is -2.21. The van der Waals surface area contributed by atoms with Crippen LogP contribution in [0.15, 0.2) is 79.1 Å². The molecule has 0 radical (unpaired) electrons. The third kappa shape index (κ3) is 3.66. The second-order valence-electron chi connectivity index (χ2n) is 9.25. The van der Waals surface area contributed by atoms with E-state index < -0.39 is 0 Å². The third-order valence-electron chi connectivity index (χ3n) is 6.32. The number of hydrogen-bond acceptors (Lipinski definition) is 2. The number of aromatic nitrogens is 4. The number of imidazole rings is 2. The minimum atomic E-state index is 0.417. The van der Waals surface area contributed by atoms with E-state index in [0.29, 0.717) is 11.8 Å². The molecule has 5 aromatic rings. The Morgan fingerprint density at radius 2 is 1.48 bits per heavy atom. The molecule has 33 heavy (non-hydrogen) atoms. The highest BCUT2D eigenvalue weighted by Gasteiger charge is 2.19. The molecule has 166 valence electrons. The molecule has 0 aliphatic heterocycles. The third-order valence-corrected chi connectivity index (χ3v) is 6.32. The molecule has 0 saturated carbocycles. The van der Waals surface area contributed by atoms with Crippen molar-refractivity contribution in [3.05, 3.63) is 96.1 Å². The molecular weight excluding hydrogens is 404 g/mol. The van der Waals surface area contributed by atoms with Gasteiger partial charge in [0.05, 0.1) is 16.7 Å². The molecule has 4 heteroatoms. The number of hydrogen-bond donors (Lipinski definition) is 0. The van der Waals surface area contributed by atoms with Crippen molar-refractivity contribution >= 4 is 11.0 Å². The van der Waals surface area contributed by atoms with Gasteiger partial charge in [-0.25, -0.2) is 9.97 Å². The van der Waals surface area contributed by atoms with Gasteiger partial charge in [0.1, 0.15) is 11.6 Å². The van der Waals surface area contributed by atoms with Gasteiger partial charge in [0, 0.05) is 23.6 Å². The fraction of sp³-hybridized carbons (Fsp3) is 0.241. The normalized spacial score (nSPS) is 11.7. The van der Waals surface area contributed by atoms with Crippen LogP contribution in [0.4, 0.5) is 0 Å². The van der Waals surface area contributed by atoms with E-state index in [0.717, 1.165) is 33.9 Å². The number of fused-ring (bicyclic) bond motifs is 1. The van der Waals surface area contributed by atoms with E-state index in [-0.39, 0.29) is 0 Å². The summed E-state index contributed by atoms with van der Waals surface area (Å²) in [6.07, 6.45) is 3.98. The molecule has 0 aliphatic carbocycles. The number of benzene rings is 3. The summed E-state index contributed by atoms with van der Waals surface area (Å²) in [6.45, 7) is 11.1. The molecule has 2 heterocycles. The molecule has 0 amide bonds. The highest BCUT2D eigenvalue weighted by atomic mass is 15.1. The molecular formula is C29H30N4. The fourth-order valence-electron chi connectivity index (χ4n) is 4.73. The Morgan fingerprint density at radius 3 is 2.15 bits per heavy atom. The van der Waals surface area contributed by atoms with Crippen LogP contribution >= 0.6 is 0 Å². The Hall–Kier alpha value is -3.66. The van der Waals surface area contributed by atoms with Gasteiger partial charge in [-0.3, -0.25) is 9.13 Å². The van der Waals surface area contributed by atoms with E-state index in [2.05, 4.69) is 111 Å². The zero-order valence-corrected chi connectivity index (χ0v) is 19.9. The lowest BCUT2D eigenvalue weighted by atomic mass is 9.92. The summed E-state index contributed by atoms with van der Waals surface area (Å²) in [7, 11) is 0. The molecule has 4 nitrogen and oxygen atoms in total. The summed E-state index contributed by atoms with van der Waals surface area (Å²) in [6, 6.07) is 23.5. The maximum absolute atomic E-state index is 4.88. The van der Waals surface area contributed by atoms with E-state index in [1.165, 1.54) is 16.8 Å². The van der Waals surface area contributed by atoms with Gasteiger partial charge < -0.3 is 0 Å². The summed E-state index contributed by atoms with van der Waals surface area (Å²) in [5.41, 5.74) is 8.20. The summed E-state index contributed by atoms with van der Waals surface area (Å²) >= 11 is 0. The van der Waals surface area contributed by atoms with Crippen molar-refractivity contribution in [3.63, 3.8) is 0 Å². The van der Waals surface area contributed by atoms with Gasteiger partial charge in [0.2, 0.25) is 0 Å². The molecule has 3 aromatic carbocycles. The Bertz CT molecular complexity index is 1390. The molecule has 0 fully saturated rings. The summed E-state index contributed by atoms with van der Waals surface area (Å²) in [4.78, 5) is 9.67. The van der Waals surface area contributed by atoms with Gasteiger partial charge in [-0.1, -0.05) is 64.1 Å². The van der Waals surface area contributed by atoms with Crippen LogP contribution in [-0.4, -0.2) is 19.1 Å². The summed E-state index contributed by atoms with van der Waals surface area (Å²) in [5, 5.41) is 0. The average Bonchev–Trinajstić information content (AvgIpc) is 3.42. The van der Waals surface area contributed by atoms with E-state index in [1.807, 2.05) is 12.3 Å². The van der Waals surface area contributed by atoms with Crippen molar-refractivity contribution < 1.29 is 0 Å². The van der Waals surface area contributed by atoms with E-state index >= 15 is 0 Å². The first-order valence-electron chi connectivity index (χ1n) is 11.7. The Labute approximate surface area is 195 Å². The Morgan fingerprint density at radius 1 is 0.788 bits per heavy atom. The molecule has 0 N–H and O–H groups in total. The highest BCUT2D eigenvalue weighted by Crippen LogP contribution is 2.34. The molecule has 0 saturated heterocycles. The molecule has 0 spiro atoms. The lowest BCUT2D eigenvalue weighted by molar-refractivity contribution is 0.807. The molecule has 5 rings (SSSR count). The van der Waals surface area contributed by atoms with Crippen molar-refractivity contribution in [2.75, 3.05) is 0 Å². The van der Waals surface area contributed by atoms with Crippen LogP contribution in [0.1, 0.15) is 56.5 Å². The van der Waals surface area contributed by atoms with E-state index in [9.17, 15) is 0 Å². The van der Waals surface area contributed by atoms with Gasteiger partial charge >= 0.3 is 0 Å². The van der Waals surface area contributed by atoms with Crippen molar-refractivity contribution in [2.24, 2.45) is 0 Å². The largest absolute Gasteiger partial charge is 0.299 e. The summed E-state index contributed by atoms with van der Waals surface area (Å²) in [5.74, 6) is 2.75. The highest BCUT2D eigenvalue weighted by molar-refractivity contribution is 5.83. The number of nitrogens with zero attached hydrogens (tertiary/aromatic N) is 4. The van der Waals surface area contributed by atoms with Crippen LogP contribution in [0.2, 0.25) is 0 Å². The maximum atomic E-state index is 4.88. The average molecular weight is 435 g/mol. The first-order valence-corrected chi connectivity index (χ1v) is 11.7. The van der Waals surface area contributed by atoms with Gasteiger partial charge in [0.15, 0.2) is 0 Å². The van der Waals surface area contributed by atoms with Gasteiger partial charge in [0.25, 0.3) is 0 Å². The second-order valence-corrected chi connectivity index (χ2v) is 9.25. The van der Waals surface area contributed by atoms with Crippen molar-refractivity contribution in [1.29, 1.82) is 0 Å². The van der Waals surface area contributed by atoms with Gasteiger partial charge in [-0.05, 0) is 60.2 Å². The molecule has 2 aromatic heterocycles. The first-order chi connectivity index (χ1) is 16.0. The van der Waals surface area contributed by atoms with Crippen LogP contribution < -0.4 is 0 Å². The fourth-order valence-corrected chi connectivity index (χ4v) is 4.73. The first kappa shape index (κ1) is 21.2. The molecule has 0 unspecified atom stereocenters. The molecule has 0 bridgehead atoms. The van der Waals surface area contributed by atoms with E-state index in [1.54, 1.807) is 0 Å². The lowest BCUT2D eigenvalue weighted by Crippen LogP contribution is -2.07. The standard InChI is InChI=1S/C29H30N4/c1-19(2)24-12-9-13-25(20(3)4)28(24)32-17-16-30-29(32)22-14-15-27-26(18-22)31-21(5)33(27)23-10-7-6-8-11-23/h6-20H,1-5H3. The minimum Gasteiger partial charge on any atom is -0.299 e. The second kappa shape index (κ2) is 8.36. The monoisotopic (exact) mass is 434 g/mol. The van der Waals surface area contributed by atoms with Crippen molar-refractivity contribution in [1.82, 2.24) is 19.1 Å². The van der Waals surface area contributed by atoms with Crippen LogP contribution in [0.3, 0.4) is 0 Å². The van der Waals surface area contributed by atoms with Crippen molar-refractivity contribution in [2.45, 2.75) is 46.5 Å². The number of rotatable bonds is 5. The Balaban J connectivity index is 1.68. The quantitative estimate of drug-likeness (QED) is 0.288. The van der Waals surface area contributed by atoms with Crippen LogP contribution in [0, 0.1) is 6.92 Å². The Kier molecular flexibility index (Phi) is 5.37. The predicted molar refractivity (Wildman–Crippen MR) is 137 cm³/mol. The molecule has 0 atom stereocenters. The van der Waals surface area contributed by atoms with Crippen LogP contribution in [-0.2, 0) is 0 Å². The van der Waals surface area contributed by atoms with Crippen LogP contribution in [0.25, 0.3) is 33.8 Å². The van der Waals surface area contributed by atoms with Crippen molar-refractivity contribution in [3.8, 4) is 22.8 Å². The zero-order chi connectivity index (χ0) is 23.1. The number of aryl methyl sites for hydroxylation is 1. The SMILES string of the molecule is Cc1nc2cc(-c3nccn3-c3c(C(C)C)cccc3C(C)C)ccc2n1-c1ccccc1. The number of para-hydroxylation sites is 2. The maximum Gasteiger partial charge on any atom is 0.144 e. The predicted octanol–water partition coefficient (Wildman–Crippen LogP) is 7.43. The zero-order valence-electron chi connectivity index (χ0n) is 19.9. The van der Waals surface area contributed by atoms with Gasteiger partial charge in [-0.15, -0.1) is 0 Å². The van der Waals surface area contributed by atoms with Gasteiger partial charge in [-0.2, -0.15) is 0 Å². The van der Waals surface area contributed by atoms with Crippen LogP contribution in [0.5, 0.6) is 0 Å².